The first-order valence-corrected chi connectivity index (χ1v) is 12.4. The summed E-state index contributed by atoms with van der Waals surface area (Å²) in [6, 6.07) is 8.35. The first-order valence-electron chi connectivity index (χ1n) is 10.2. The third kappa shape index (κ3) is 4.88. The number of hydrogen-bond donors (Lipinski definition) is 2. The van der Waals surface area contributed by atoms with E-state index in [0.29, 0.717) is 36.1 Å². The monoisotopic (exact) mass is 453 g/mol. The van der Waals surface area contributed by atoms with Gasteiger partial charge in [-0.3, -0.25) is 4.90 Å². The second-order valence-corrected chi connectivity index (χ2v) is 10.5. The van der Waals surface area contributed by atoms with Gasteiger partial charge in [0.05, 0.1) is 6.26 Å². The van der Waals surface area contributed by atoms with Gasteiger partial charge < -0.3 is 10.6 Å². The van der Waals surface area contributed by atoms with Crippen LogP contribution in [-0.4, -0.2) is 83.9 Å². The first-order chi connectivity index (χ1) is 14.3. The van der Waals surface area contributed by atoms with Gasteiger partial charge >= 0.3 is 0 Å². The summed E-state index contributed by atoms with van der Waals surface area (Å²) in [4.78, 5) is 8.87. The topological polar surface area (TPSA) is 111 Å². The predicted octanol–water partition coefficient (Wildman–Crippen LogP) is 1.20. The zero-order valence-corrected chi connectivity index (χ0v) is 18.6. The molecular formula is C19H28ClN7O2S. The van der Waals surface area contributed by atoms with Crippen LogP contribution in [0.1, 0.15) is 18.4 Å². The van der Waals surface area contributed by atoms with E-state index in [1.807, 2.05) is 24.3 Å². The lowest BCUT2D eigenvalue weighted by Crippen LogP contribution is -2.60. The minimum atomic E-state index is -3.21. The molecule has 2 aliphatic rings. The maximum atomic E-state index is 12.2. The van der Waals surface area contributed by atoms with Crippen molar-refractivity contribution in [1.82, 2.24) is 24.4 Å². The van der Waals surface area contributed by atoms with Crippen molar-refractivity contribution >= 4 is 33.5 Å². The quantitative estimate of drug-likeness (QED) is 0.699. The molecule has 0 amide bonds. The highest BCUT2D eigenvalue weighted by atomic mass is 35.5. The smallest absolute Gasteiger partial charge is 0.246 e. The minimum Gasteiger partial charge on any atom is -0.368 e. The van der Waals surface area contributed by atoms with Crippen molar-refractivity contribution in [2.75, 3.05) is 49.6 Å². The lowest BCUT2D eigenvalue weighted by atomic mass is 9.96. The van der Waals surface area contributed by atoms with E-state index in [-0.39, 0.29) is 6.04 Å². The van der Waals surface area contributed by atoms with Gasteiger partial charge in [0.1, 0.15) is 0 Å². The summed E-state index contributed by atoms with van der Waals surface area (Å²) in [5.41, 5.74) is 6.82. The normalized spacial score (nSPS) is 22.5. The van der Waals surface area contributed by atoms with E-state index in [1.165, 1.54) is 11.8 Å². The van der Waals surface area contributed by atoms with Gasteiger partial charge in [-0.25, -0.2) is 13.5 Å². The van der Waals surface area contributed by atoms with Crippen molar-refractivity contribution in [2.45, 2.75) is 31.3 Å². The van der Waals surface area contributed by atoms with Crippen molar-refractivity contribution in [3.63, 3.8) is 0 Å². The Morgan fingerprint density at radius 3 is 2.47 bits per heavy atom. The summed E-state index contributed by atoms with van der Waals surface area (Å²) in [6.07, 6.45) is 4.04. The number of aromatic amines is 1. The van der Waals surface area contributed by atoms with Gasteiger partial charge in [0, 0.05) is 49.8 Å². The number of nitrogens with zero attached hydrogens (tertiary/aromatic N) is 5. The minimum absolute atomic E-state index is 0.130. The van der Waals surface area contributed by atoms with E-state index < -0.39 is 10.0 Å². The fraction of sp³-hybridized carbons (Fsp3) is 0.579. The number of aromatic nitrogens is 3. The molecule has 2 fully saturated rings. The molecule has 164 valence electrons. The molecule has 0 spiro atoms. The Kier molecular flexibility index (Phi) is 6.19. The fourth-order valence-corrected chi connectivity index (χ4v) is 5.48. The number of piperazine rings is 1. The van der Waals surface area contributed by atoms with Crippen LogP contribution >= 0.6 is 11.6 Å². The Labute approximate surface area is 182 Å². The van der Waals surface area contributed by atoms with E-state index in [9.17, 15) is 8.42 Å². The molecule has 1 aromatic carbocycles. The van der Waals surface area contributed by atoms with Gasteiger partial charge in [-0.1, -0.05) is 23.7 Å². The number of anilines is 2. The highest BCUT2D eigenvalue weighted by Crippen LogP contribution is 2.26. The van der Waals surface area contributed by atoms with Crippen molar-refractivity contribution < 1.29 is 8.42 Å². The van der Waals surface area contributed by atoms with Crippen molar-refractivity contribution in [3.8, 4) is 0 Å². The molecule has 1 atom stereocenters. The zero-order valence-electron chi connectivity index (χ0n) is 17.0. The maximum Gasteiger partial charge on any atom is 0.246 e. The molecule has 2 aromatic rings. The van der Waals surface area contributed by atoms with Crippen molar-refractivity contribution in [3.05, 3.63) is 34.9 Å². The predicted molar refractivity (Wildman–Crippen MR) is 118 cm³/mol. The molecule has 9 nitrogen and oxygen atoms in total. The Hall–Kier alpha value is -1.88. The molecule has 3 heterocycles. The number of nitrogens with two attached hydrogens (primary N) is 1. The van der Waals surface area contributed by atoms with E-state index in [0.717, 1.165) is 38.9 Å². The van der Waals surface area contributed by atoms with E-state index in [4.69, 9.17) is 17.3 Å². The van der Waals surface area contributed by atoms with Gasteiger partial charge in [0.15, 0.2) is 0 Å². The third-order valence-corrected chi connectivity index (χ3v) is 7.57. The lowest BCUT2D eigenvalue weighted by Gasteiger charge is -2.47. The van der Waals surface area contributed by atoms with Gasteiger partial charge in [0.25, 0.3) is 0 Å². The van der Waals surface area contributed by atoms with E-state index >= 15 is 0 Å². The molecule has 0 unspecified atom stereocenters. The summed E-state index contributed by atoms with van der Waals surface area (Å²) in [6.45, 7) is 3.49. The Balaban J connectivity index is 1.46. The average Bonchev–Trinajstić information content (AvgIpc) is 3.15. The van der Waals surface area contributed by atoms with Gasteiger partial charge in [-0.2, -0.15) is 9.29 Å². The van der Waals surface area contributed by atoms with E-state index in [2.05, 4.69) is 25.0 Å². The molecule has 0 aliphatic carbocycles. The second kappa shape index (κ2) is 8.70. The van der Waals surface area contributed by atoms with Crippen LogP contribution in [0.4, 0.5) is 11.9 Å². The van der Waals surface area contributed by atoms with Crippen LogP contribution < -0.4 is 10.6 Å². The van der Waals surface area contributed by atoms with Crippen LogP contribution in [0.5, 0.6) is 0 Å². The Bertz CT molecular complexity index is 958. The van der Waals surface area contributed by atoms with Crippen molar-refractivity contribution in [2.24, 2.45) is 0 Å². The summed E-state index contributed by atoms with van der Waals surface area (Å²) in [7, 11) is -3.21. The maximum absolute atomic E-state index is 12.2. The molecule has 2 saturated heterocycles. The zero-order chi connectivity index (χ0) is 21.3. The second-order valence-electron chi connectivity index (χ2n) is 8.08. The molecule has 11 heteroatoms. The van der Waals surface area contributed by atoms with Crippen LogP contribution in [0.3, 0.4) is 0 Å². The molecule has 2 aliphatic heterocycles. The summed E-state index contributed by atoms with van der Waals surface area (Å²) in [5, 5.41) is 7.56. The lowest BCUT2D eigenvalue weighted by molar-refractivity contribution is 0.0615. The Morgan fingerprint density at radius 2 is 1.87 bits per heavy atom. The highest BCUT2D eigenvalue weighted by Gasteiger charge is 2.36. The largest absolute Gasteiger partial charge is 0.368 e. The standard InChI is InChI=1S/C19H28ClN7O2S/c1-30(28,29)26-10-11-27(17(13-26)12-14-2-4-15(20)5-3-14)16-6-8-25(9-7-16)19-22-18(21)23-24-19/h2-5,16-17H,6-13H2,1H3,(H3,21,22,23,24)/t17-/m0/s1. The number of H-pyrrole nitrogens is 1. The molecule has 0 radical (unpaired) electrons. The summed E-state index contributed by atoms with van der Waals surface area (Å²) < 4.78 is 25.9. The number of rotatable bonds is 5. The number of halogens is 1. The fourth-order valence-electron chi connectivity index (χ4n) is 4.50. The van der Waals surface area contributed by atoms with Gasteiger partial charge in [0.2, 0.25) is 21.9 Å². The first kappa shape index (κ1) is 21.4. The average molecular weight is 454 g/mol. The number of benzene rings is 1. The SMILES string of the molecule is CS(=O)(=O)N1CCN(C2CCN(c3n[nH]c(N)n3)CC2)[C@@H](Cc2ccc(Cl)cc2)C1. The highest BCUT2D eigenvalue weighted by molar-refractivity contribution is 7.88. The molecular weight excluding hydrogens is 426 g/mol. The molecule has 30 heavy (non-hydrogen) atoms. The molecule has 0 bridgehead atoms. The molecule has 1 aromatic heterocycles. The summed E-state index contributed by atoms with van der Waals surface area (Å²) >= 11 is 6.03. The number of piperidine rings is 1. The van der Waals surface area contributed by atoms with Gasteiger partial charge in [-0.05, 0) is 37.0 Å². The van der Waals surface area contributed by atoms with Crippen LogP contribution in [0.25, 0.3) is 0 Å². The van der Waals surface area contributed by atoms with Crippen LogP contribution in [-0.2, 0) is 16.4 Å². The number of nitrogen functional groups attached to an aromatic ring is 1. The Morgan fingerprint density at radius 1 is 1.17 bits per heavy atom. The van der Waals surface area contributed by atoms with Crippen LogP contribution in [0.2, 0.25) is 5.02 Å². The molecule has 3 N–H and O–H groups in total. The third-order valence-electron chi connectivity index (χ3n) is 6.05. The summed E-state index contributed by atoms with van der Waals surface area (Å²) in [5.74, 6) is 0.970. The van der Waals surface area contributed by atoms with Crippen LogP contribution in [0, 0.1) is 0 Å². The van der Waals surface area contributed by atoms with E-state index in [1.54, 1.807) is 4.31 Å². The van der Waals surface area contributed by atoms with Crippen molar-refractivity contribution in [1.29, 1.82) is 0 Å². The number of hydrogen-bond acceptors (Lipinski definition) is 7. The van der Waals surface area contributed by atoms with Gasteiger partial charge in [-0.15, -0.1) is 5.10 Å². The van der Waals surface area contributed by atoms with Crippen LogP contribution in [0.15, 0.2) is 24.3 Å². The molecule has 4 rings (SSSR count). The molecule has 0 saturated carbocycles. The number of sulfonamides is 1. The number of nitrogens with one attached hydrogen (secondary N) is 1.